The van der Waals surface area contributed by atoms with Gasteiger partial charge in [0.15, 0.2) is 5.78 Å². The lowest BCUT2D eigenvalue weighted by Crippen LogP contribution is -2.26. The molecule has 2 aromatic rings. The number of hydrogen-bond donors (Lipinski definition) is 0. The fourth-order valence-corrected chi connectivity index (χ4v) is 3.42. The third-order valence-corrected chi connectivity index (χ3v) is 5.68. The van der Waals surface area contributed by atoms with Gasteiger partial charge < -0.3 is 18.9 Å². The van der Waals surface area contributed by atoms with Crippen LogP contribution in [0, 0.1) is 24.7 Å². The van der Waals surface area contributed by atoms with Crippen molar-refractivity contribution < 1.29 is 33.3 Å². The number of esters is 2. The molecule has 0 N–H and O–H groups in total. The zero-order valence-corrected chi connectivity index (χ0v) is 24.2. The van der Waals surface area contributed by atoms with Crippen LogP contribution in [-0.2, 0) is 9.59 Å². The first-order chi connectivity index (χ1) is 17.6. The van der Waals surface area contributed by atoms with Crippen molar-refractivity contribution in [1.82, 2.24) is 0 Å². The predicted molar refractivity (Wildman–Crippen MR) is 148 cm³/mol. The van der Waals surface area contributed by atoms with Crippen LogP contribution in [0.2, 0.25) is 0 Å². The van der Waals surface area contributed by atoms with Crippen LogP contribution >= 0.6 is 0 Å². The highest BCUT2D eigenvalue weighted by molar-refractivity contribution is 6.07. The minimum absolute atomic E-state index is 0.278. The van der Waals surface area contributed by atoms with E-state index in [0.717, 1.165) is 12.0 Å². The van der Waals surface area contributed by atoms with Gasteiger partial charge in [-0.2, -0.15) is 0 Å². The summed E-state index contributed by atoms with van der Waals surface area (Å²) in [5.74, 6) is 0.619. The molecule has 38 heavy (non-hydrogen) atoms. The van der Waals surface area contributed by atoms with Crippen molar-refractivity contribution >= 4 is 23.8 Å². The zero-order chi connectivity index (χ0) is 28.8. The Labute approximate surface area is 226 Å². The molecular weight excluding hydrogens is 484 g/mol. The van der Waals surface area contributed by atoms with Gasteiger partial charge in [0, 0.05) is 16.7 Å². The van der Waals surface area contributed by atoms with Crippen molar-refractivity contribution in [2.75, 3.05) is 13.7 Å². The number of hydrogen-bond acceptors (Lipinski definition) is 7. The summed E-state index contributed by atoms with van der Waals surface area (Å²) in [4.78, 5) is 38.0. The first kappa shape index (κ1) is 30.6. The monoisotopic (exact) mass is 524 g/mol. The van der Waals surface area contributed by atoms with Crippen LogP contribution < -0.4 is 18.9 Å². The van der Waals surface area contributed by atoms with Crippen LogP contribution in [0.4, 0.5) is 0 Å². The summed E-state index contributed by atoms with van der Waals surface area (Å²) in [6.07, 6.45) is 3.77. The van der Waals surface area contributed by atoms with E-state index in [4.69, 9.17) is 18.9 Å². The summed E-state index contributed by atoms with van der Waals surface area (Å²) >= 11 is 0. The Balaban J connectivity index is 2.51. The minimum atomic E-state index is -0.746. The molecule has 0 aromatic heterocycles. The highest BCUT2D eigenvalue weighted by Crippen LogP contribution is 2.44. The lowest BCUT2D eigenvalue weighted by atomic mass is 9.96. The Morgan fingerprint density at radius 1 is 0.789 bits per heavy atom. The fourth-order valence-electron chi connectivity index (χ4n) is 3.42. The second-order valence-corrected chi connectivity index (χ2v) is 11.2. The molecule has 0 heterocycles. The number of rotatable bonds is 9. The van der Waals surface area contributed by atoms with Gasteiger partial charge in [0.2, 0.25) is 0 Å². The summed E-state index contributed by atoms with van der Waals surface area (Å²) < 4.78 is 22.9. The third-order valence-electron chi connectivity index (χ3n) is 5.68. The lowest BCUT2D eigenvalue weighted by Gasteiger charge is -2.23. The summed E-state index contributed by atoms with van der Waals surface area (Å²) in [7, 11) is 1.55. The molecule has 2 rings (SSSR count). The summed E-state index contributed by atoms with van der Waals surface area (Å²) in [6, 6.07) is 6.35. The van der Waals surface area contributed by atoms with Crippen molar-refractivity contribution in [2.45, 2.75) is 68.7 Å². The van der Waals surface area contributed by atoms with Crippen molar-refractivity contribution in [3.8, 4) is 23.0 Å². The first-order valence-electron chi connectivity index (χ1n) is 12.7. The molecule has 0 saturated heterocycles. The third kappa shape index (κ3) is 7.46. The molecule has 0 aliphatic heterocycles. The van der Waals surface area contributed by atoms with Crippen LogP contribution in [0.25, 0.3) is 6.08 Å². The SMILES string of the molecule is CCCOc1c(C)c(OC)c(C)c(OC(=O)C(C)(C)C)c1C=CC(=O)c1ccc(OC(=O)C(C)(C)C)cc1. The molecule has 0 spiro atoms. The van der Waals surface area contributed by atoms with E-state index < -0.39 is 16.8 Å². The Morgan fingerprint density at radius 2 is 1.32 bits per heavy atom. The normalized spacial score (nSPS) is 11.8. The van der Waals surface area contributed by atoms with Gasteiger partial charge in [-0.15, -0.1) is 0 Å². The zero-order valence-electron chi connectivity index (χ0n) is 24.2. The van der Waals surface area contributed by atoms with E-state index in [1.165, 1.54) is 6.08 Å². The van der Waals surface area contributed by atoms with E-state index >= 15 is 0 Å². The maximum absolute atomic E-state index is 13.1. The van der Waals surface area contributed by atoms with E-state index in [1.54, 1.807) is 85.9 Å². The van der Waals surface area contributed by atoms with Crippen LogP contribution in [0.1, 0.15) is 81.9 Å². The second-order valence-electron chi connectivity index (χ2n) is 11.2. The maximum atomic E-state index is 13.1. The number of carbonyl (C=O) groups is 3. The number of ether oxygens (including phenoxy) is 4. The lowest BCUT2D eigenvalue weighted by molar-refractivity contribution is -0.143. The van der Waals surface area contributed by atoms with Crippen LogP contribution in [0.15, 0.2) is 30.3 Å². The quantitative estimate of drug-likeness (QED) is 0.153. The van der Waals surface area contributed by atoms with E-state index in [-0.39, 0.29) is 17.5 Å². The Hall–Kier alpha value is -3.61. The summed E-state index contributed by atoms with van der Waals surface area (Å²) in [6.45, 7) is 16.7. The van der Waals surface area contributed by atoms with Crippen LogP contribution in [0.3, 0.4) is 0 Å². The topological polar surface area (TPSA) is 88.1 Å². The summed E-state index contributed by atoms with van der Waals surface area (Å²) in [5, 5.41) is 0. The van der Waals surface area contributed by atoms with Crippen molar-refractivity contribution in [3.63, 3.8) is 0 Å². The molecule has 0 aliphatic carbocycles. The van der Waals surface area contributed by atoms with Gasteiger partial charge in [0.1, 0.15) is 23.0 Å². The number of benzene rings is 2. The van der Waals surface area contributed by atoms with E-state index in [9.17, 15) is 14.4 Å². The van der Waals surface area contributed by atoms with E-state index in [0.29, 0.717) is 40.5 Å². The van der Waals surface area contributed by atoms with Gasteiger partial charge in [-0.3, -0.25) is 14.4 Å². The smallest absolute Gasteiger partial charge is 0.316 e. The van der Waals surface area contributed by atoms with Gasteiger partial charge in [-0.25, -0.2) is 0 Å². The number of allylic oxidation sites excluding steroid dienone is 1. The first-order valence-corrected chi connectivity index (χ1v) is 12.7. The molecule has 7 heteroatoms. The minimum Gasteiger partial charge on any atom is -0.496 e. The van der Waals surface area contributed by atoms with Crippen molar-refractivity contribution in [2.24, 2.45) is 10.8 Å². The molecule has 2 aromatic carbocycles. The van der Waals surface area contributed by atoms with Crippen molar-refractivity contribution in [3.05, 3.63) is 52.6 Å². The Morgan fingerprint density at radius 3 is 1.82 bits per heavy atom. The number of ketones is 1. The fraction of sp³-hybridized carbons (Fsp3) is 0.452. The predicted octanol–water partition coefficient (Wildman–Crippen LogP) is 6.90. The highest BCUT2D eigenvalue weighted by atomic mass is 16.5. The van der Waals surface area contributed by atoms with Crippen molar-refractivity contribution in [1.29, 1.82) is 0 Å². The average molecular weight is 525 g/mol. The molecule has 0 aliphatic rings. The molecule has 0 fully saturated rings. The van der Waals surface area contributed by atoms with Crippen LogP contribution in [0.5, 0.6) is 23.0 Å². The standard InChI is InChI=1S/C31H40O7/c1-11-18-36-26-19(2)25(35-10)20(3)27(38-29(34)31(7,8)9)23(26)16-17-24(32)21-12-14-22(15-13-21)37-28(33)30(4,5)6/h12-17H,11,18H2,1-10H3. The van der Waals surface area contributed by atoms with Gasteiger partial charge >= 0.3 is 11.9 Å². The molecule has 7 nitrogen and oxygen atoms in total. The van der Waals surface area contributed by atoms with Crippen LogP contribution in [-0.4, -0.2) is 31.4 Å². The Bertz CT molecular complexity index is 1210. The molecular formula is C31H40O7. The molecule has 0 unspecified atom stereocenters. The average Bonchev–Trinajstić information content (AvgIpc) is 2.83. The molecule has 0 bridgehead atoms. The molecule has 0 amide bonds. The molecule has 0 saturated carbocycles. The van der Waals surface area contributed by atoms with Gasteiger partial charge in [0.25, 0.3) is 0 Å². The number of methoxy groups -OCH3 is 1. The summed E-state index contributed by atoms with van der Waals surface area (Å²) in [5.41, 5.74) is 0.871. The van der Waals surface area contributed by atoms with Gasteiger partial charge in [-0.1, -0.05) is 6.92 Å². The van der Waals surface area contributed by atoms with Gasteiger partial charge in [-0.05, 0) is 98.2 Å². The maximum Gasteiger partial charge on any atom is 0.316 e. The van der Waals surface area contributed by atoms with Gasteiger partial charge in [0.05, 0.1) is 30.1 Å². The molecule has 0 radical (unpaired) electrons. The molecule has 0 atom stereocenters. The molecule has 206 valence electrons. The highest BCUT2D eigenvalue weighted by Gasteiger charge is 2.29. The largest absolute Gasteiger partial charge is 0.496 e. The Kier molecular flexibility index (Phi) is 9.90. The second kappa shape index (κ2) is 12.3. The van der Waals surface area contributed by atoms with E-state index in [2.05, 4.69) is 0 Å². The number of carbonyl (C=O) groups excluding carboxylic acids is 3. The van der Waals surface area contributed by atoms with E-state index in [1.807, 2.05) is 13.8 Å².